The Balaban J connectivity index is 1.59. The number of benzene rings is 1. The molecule has 0 saturated carbocycles. The SMILES string of the molecule is CCCCSc1nnc(NC(=O)[C@@H]2CC(=O)N(c3cccc(OC)c3)C2)s1. The third-order valence-electron chi connectivity index (χ3n) is 4.22. The van der Waals surface area contributed by atoms with Gasteiger partial charge in [-0.05, 0) is 18.6 Å². The van der Waals surface area contributed by atoms with Crippen LogP contribution in [0.4, 0.5) is 10.8 Å². The van der Waals surface area contributed by atoms with Crippen LogP contribution < -0.4 is 15.0 Å². The summed E-state index contributed by atoms with van der Waals surface area (Å²) in [5, 5.41) is 11.4. The molecule has 0 unspecified atom stereocenters. The smallest absolute Gasteiger partial charge is 0.231 e. The van der Waals surface area contributed by atoms with Crippen molar-refractivity contribution in [3.8, 4) is 5.75 Å². The molecule has 9 heteroatoms. The zero-order chi connectivity index (χ0) is 19.2. The third kappa shape index (κ3) is 4.98. The predicted octanol–water partition coefficient (Wildman–Crippen LogP) is 3.43. The second-order valence-electron chi connectivity index (χ2n) is 6.17. The van der Waals surface area contributed by atoms with E-state index < -0.39 is 5.92 Å². The lowest BCUT2D eigenvalue weighted by Gasteiger charge is -2.17. The molecule has 1 N–H and O–H groups in total. The first-order chi connectivity index (χ1) is 13.1. The lowest BCUT2D eigenvalue weighted by atomic mass is 10.1. The fourth-order valence-electron chi connectivity index (χ4n) is 2.74. The minimum atomic E-state index is -0.413. The molecule has 3 rings (SSSR count). The topological polar surface area (TPSA) is 84.4 Å². The van der Waals surface area contributed by atoms with Crippen molar-refractivity contribution in [2.24, 2.45) is 5.92 Å². The maximum atomic E-state index is 12.5. The molecule has 1 aromatic carbocycles. The van der Waals surface area contributed by atoms with Crippen molar-refractivity contribution in [2.75, 3.05) is 29.6 Å². The molecular formula is C18H22N4O3S2. The van der Waals surface area contributed by atoms with Crippen LogP contribution in [0.3, 0.4) is 0 Å². The Morgan fingerprint density at radius 2 is 2.30 bits per heavy atom. The van der Waals surface area contributed by atoms with Gasteiger partial charge < -0.3 is 15.0 Å². The highest BCUT2D eigenvalue weighted by Crippen LogP contribution is 2.30. The van der Waals surface area contributed by atoms with Crippen LogP contribution in [0.15, 0.2) is 28.6 Å². The lowest BCUT2D eigenvalue weighted by Crippen LogP contribution is -2.28. The first-order valence-corrected chi connectivity index (χ1v) is 10.6. The van der Waals surface area contributed by atoms with E-state index in [0.29, 0.717) is 17.4 Å². The molecule has 1 aliphatic heterocycles. The van der Waals surface area contributed by atoms with Gasteiger partial charge in [0, 0.05) is 30.5 Å². The largest absolute Gasteiger partial charge is 0.497 e. The number of thioether (sulfide) groups is 1. The van der Waals surface area contributed by atoms with Crippen molar-refractivity contribution >= 4 is 45.7 Å². The predicted molar refractivity (Wildman–Crippen MR) is 108 cm³/mol. The average molecular weight is 407 g/mol. The summed E-state index contributed by atoms with van der Waals surface area (Å²) in [6.07, 6.45) is 2.44. The summed E-state index contributed by atoms with van der Waals surface area (Å²) in [4.78, 5) is 26.5. The van der Waals surface area contributed by atoms with Crippen molar-refractivity contribution in [1.82, 2.24) is 10.2 Å². The summed E-state index contributed by atoms with van der Waals surface area (Å²) in [7, 11) is 1.58. The van der Waals surface area contributed by atoms with Gasteiger partial charge in [0.25, 0.3) is 0 Å². The zero-order valence-electron chi connectivity index (χ0n) is 15.3. The summed E-state index contributed by atoms with van der Waals surface area (Å²) in [5.74, 6) is 0.983. The number of methoxy groups -OCH3 is 1. The number of anilines is 2. The number of nitrogens with one attached hydrogen (secondary N) is 1. The number of amides is 2. The minimum Gasteiger partial charge on any atom is -0.497 e. The fraction of sp³-hybridized carbons (Fsp3) is 0.444. The van der Waals surface area contributed by atoms with E-state index in [1.165, 1.54) is 11.3 Å². The number of rotatable bonds is 8. The molecular weight excluding hydrogens is 384 g/mol. The molecule has 0 radical (unpaired) electrons. The first kappa shape index (κ1) is 19.6. The maximum Gasteiger partial charge on any atom is 0.231 e. The van der Waals surface area contributed by atoms with Gasteiger partial charge in [-0.25, -0.2) is 0 Å². The van der Waals surface area contributed by atoms with Crippen LogP contribution in [-0.2, 0) is 9.59 Å². The Labute approximate surface area is 166 Å². The summed E-state index contributed by atoms with van der Waals surface area (Å²) in [6.45, 7) is 2.48. The van der Waals surface area contributed by atoms with Crippen LogP contribution >= 0.6 is 23.1 Å². The molecule has 1 saturated heterocycles. The van der Waals surface area contributed by atoms with E-state index in [1.54, 1.807) is 29.8 Å². The Kier molecular flexibility index (Phi) is 6.68. The molecule has 27 heavy (non-hydrogen) atoms. The number of hydrogen-bond acceptors (Lipinski definition) is 7. The standard InChI is InChI=1S/C18H22N4O3S2/c1-3-4-8-26-18-21-20-17(27-18)19-16(24)12-9-15(23)22(11-12)13-6-5-7-14(10-13)25-2/h5-7,10,12H,3-4,8-9,11H2,1-2H3,(H,19,20,24)/t12-/m1/s1. The van der Waals surface area contributed by atoms with Crippen LogP contribution in [0.25, 0.3) is 0 Å². The number of aromatic nitrogens is 2. The van der Waals surface area contributed by atoms with Gasteiger partial charge in [-0.1, -0.05) is 42.5 Å². The molecule has 0 aliphatic carbocycles. The third-order valence-corrected chi connectivity index (χ3v) is 6.28. The number of carbonyl (C=O) groups excluding carboxylic acids is 2. The molecule has 1 aliphatic rings. The first-order valence-electron chi connectivity index (χ1n) is 8.82. The van der Waals surface area contributed by atoms with Crippen LogP contribution in [0.2, 0.25) is 0 Å². The van der Waals surface area contributed by atoms with E-state index in [2.05, 4.69) is 22.4 Å². The van der Waals surface area contributed by atoms with Crippen LogP contribution in [0, 0.1) is 5.92 Å². The van der Waals surface area contributed by atoms with E-state index in [4.69, 9.17) is 4.74 Å². The maximum absolute atomic E-state index is 12.5. The molecule has 144 valence electrons. The molecule has 0 spiro atoms. The van der Waals surface area contributed by atoms with Gasteiger partial charge >= 0.3 is 0 Å². The van der Waals surface area contributed by atoms with E-state index in [-0.39, 0.29) is 18.2 Å². The lowest BCUT2D eigenvalue weighted by molar-refractivity contribution is -0.122. The quantitative estimate of drug-likeness (QED) is 0.411. The Morgan fingerprint density at radius 3 is 3.07 bits per heavy atom. The number of hydrogen-bond donors (Lipinski definition) is 1. The second-order valence-corrected chi connectivity index (χ2v) is 8.49. The molecule has 2 amide bonds. The molecule has 7 nitrogen and oxygen atoms in total. The Hall–Kier alpha value is -2.13. The minimum absolute atomic E-state index is 0.0727. The van der Waals surface area contributed by atoms with Crippen molar-refractivity contribution in [3.05, 3.63) is 24.3 Å². The summed E-state index contributed by atoms with van der Waals surface area (Å²) >= 11 is 3.01. The molecule has 1 fully saturated rings. The van der Waals surface area contributed by atoms with Gasteiger partial charge in [0.15, 0.2) is 4.34 Å². The Bertz CT molecular complexity index is 811. The fourth-order valence-corrected chi connectivity index (χ4v) is 4.65. The van der Waals surface area contributed by atoms with E-state index in [9.17, 15) is 9.59 Å². The van der Waals surface area contributed by atoms with Crippen LogP contribution in [-0.4, -0.2) is 41.4 Å². The number of nitrogens with zero attached hydrogens (tertiary/aromatic N) is 3. The van der Waals surface area contributed by atoms with Gasteiger partial charge in [-0.2, -0.15) is 0 Å². The van der Waals surface area contributed by atoms with E-state index >= 15 is 0 Å². The van der Waals surface area contributed by atoms with Crippen LogP contribution in [0.1, 0.15) is 26.2 Å². The van der Waals surface area contributed by atoms with Gasteiger partial charge in [0.1, 0.15) is 5.75 Å². The van der Waals surface area contributed by atoms with Crippen molar-refractivity contribution in [2.45, 2.75) is 30.5 Å². The van der Waals surface area contributed by atoms with E-state index in [0.717, 1.165) is 28.6 Å². The molecule has 1 atom stereocenters. The van der Waals surface area contributed by atoms with E-state index in [1.807, 2.05) is 18.2 Å². The highest BCUT2D eigenvalue weighted by molar-refractivity contribution is 8.01. The number of ether oxygens (including phenoxy) is 1. The Morgan fingerprint density at radius 1 is 1.44 bits per heavy atom. The normalized spacial score (nSPS) is 16.6. The van der Waals surface area contributed by atoms with Crippen LogP contribution in [0.5, 0.6) is 5.75 Å². The monoisotopic (exact) mass is 406 g/mol. The summed E-state index contributed by atoms with van der Waals surface area (Å²) < 4.78 is 6.05. The van der Waals surface area contributed by atoms with Gasteiger partial charge in [0.05, 0.1) is 13.0 Å². The van der Waals surface area contributed by atoms with Gasteiger partial charge in [-0.3, -0.25) is 9.59 Å². The zero-order valence-corrected chi connectivity index (χ0v) is 16.9. The highest BCUT2D eigenvalue weighted by atomic mass is 32.2. The molecule has 2 heterocycles. The summed E-state index contributed by atoms with van der Waals surface area (Å²) in [6, 6.07) is 7.28. The summed E-state index contributed by atoms with van der Waals surface area (Å²) in [5.41, 5.74) is 0.736. The van der Waals surface area contributed by atoms with Gasteiger partial charge in [-0.15, -0.1) is 10.2 Å². The number of unbranched alkanes of at least 4 members (excludes halogenated alkanes) is 1. The highest BCUT2D eigenvalue weighted by Gasteiger charge is 2.35. The van der Waals surface area contributed by atoms with Crippen molar-refractivity contribution in [3.63, 3.8) is 0 Å². The second kappa shape index (κ2) is 9.18. The van der Waals surface area contributed by atoms with Crippen molar-refractivity contribution in [1.29, 1.82) is 0 Å². The molecule has 1 aromatic heterocycles. The number of carbonyl (C=O) groups is 2. The molecule has 2 aromatic rings. The van der Waals surface area contributed by atoms with Crippen molar-refractivity contribution < 1.29 is 14.3 Å². The van der Waals surface area contributed by atoms with Gasteiger partial charge in [0.2, 0.25) is 16.9 Å². The molecule has 0 bridgehead atoms. The average Bonchev–Trinajstić information content (AvgIpc) is 3.28.